The highest BCUT2D eigenvalue weighted by atomic mass is 35.5. The zero-order valence-electron chi connectivity index (χ0n) is 12.1. The van der Waals surface area contributed by atoms with E-state index in [9.17, 15) is 9.59 Å². The molecule has 7 heteroatoms. The van der Waals surface area contributed by atoms with Crippen LogP contribution in [0.2, 0.25) is 0 Å². The van der Waals surface area contributed by atoms with Crippen molar-refractivity contribution in [1.29, 1.82) is 0 Å². The molecule has 0 bridgehead atoms. The van der Waals surface area contributed by atoms with Crippen LogP contribution in [0, 0.1) is 5.41 Å². The summed E-state index contributed by atoms with van der Waals surface area (Å²) in [5.41, 5.74) is -0.448. The van der Waals surface area contributed by atoms with Crippen molar-refractivity contribution < 1.29 is 14.3 Å². The highest BCUT2D eigenvalue weighted by molar-refractivity contribution is 7.16. The Morgan fingerprint density at radius 1 is 1.48 bits per heavy atom. The average molecular weight is 350 g/mol. The average Bonchev–Trinajstić information content (AvgIpc) is 2.76. The number of esters is 1. The fourth-order valence-corrected chi connectivity index (χ4v) is 3.90. The number of carbonyl (C=O) groups is 2. The predicted octanol–water partition coefficient (Wildman–Crippen LogP) is 4.01. The summed E-state index contributed by atoms with van der Waals surface area (Å²) in [5, 5.41) is 3.27. The van der Waals surface area contributed by atoms with Crippen molar-refractivity contribution in [2.75, 3.05) is 12.4 Å². The van der Waals surface area contributed by atoms with Crippen LogP contribution in [0.4, 0.5) is 5.00 Å². The third kappa shape index (κ3) is 3.05. The first-order chi connectivity index (χ1) is 9.75. The van der Waals surface area contributed by atoms with Crippen molar-refractivity contribution >= 4 is 51.4 Å². The third-order valence-electron chi connectivity index (χ3n) is 3.67. The van der Waals surface area contributed by atoms with Gasteiger partial charge in [0.05, 0.1) is 18.1 Å². The normalized spacial score (nSPS) is 22.7. The van der Waals surface area contributed by atoms with Crippen LogP contribution in [-0.2, 0) is 16.0 Å². The maximum atomic E-state index is 12.3. The minimum absolute atomic E-state index is 0.275. The largest absolute Gasteiger partial charge is 0.465 e. The van der Waals surface area contributed by atoms with E-state index in [0.29, 0.717) is 17.0 Å². The molecule has 1 fully saturated rings. The van der Waals surface area contributed by atoms with E-state index >= 15 is 0 Å². The second-order valence-electron chi connectivity index (χ2n) is 5.36. The second-order valence-corrected chi connectivity index (χ2v) is 7.99. The van der Waals surface area contributed by atoms with E-state index in [1.165, 1.54) is 18.4 Å². The number of aryl methyl sites for hydroxylation is 1. The molecule has 0 saturated heterocycles. The van der Waals surface area contributed by atoms with Gasteiger partial charge in [-0.2, -0.15) is 0 Å². The minimum Gasteiger partial charge on any atom is -0.465 e. The van der Waals surface area contributed by atoms with Crippen LogP contribution in [0.1, 0.15) is 41.9 Å². The van der Waals surface area contributed by atoms with E-state index < -0.39 is 15.7 Å². The number of rotatable bonds is 5. The quantitative estimate of drug-likeness (QED) is 0.645. The summed E-state index contributed by atoms with van der Waals surface area (Å²) in [7, 11) is 1.32. The molecule has 0 unspecified atom stereocenters. The molecule has 116 valence electrons. The Labute approximate surface area is 137 Å². The smallest absolute Gasteiger partial charge is 0.340 e. The molecule has 1 aromatic heterocycles. The highest BCUT2D eigenvalue weighted by Gasteiger charge is 2.68. The van der Waals surface area contributed by atoms with Gasteiger partial charge in [-0.3, -0.25) is 4.79 Å². The van der Waals surface area contributed by atoms with Gasteiger partial charge in [0.25, 0.3) is 0 Å². The zero-order valence-corrected chi connectivity index (χ0v) is 14.4. The Morgan fingerprint density at radius 3 is 2.57 bits per heavy atom. The van der Waals surface area contributed by atoms with Gasteiger partial charge in [-0.15, -0.1) is 34.5 Å². The van der Waals surface area contributed by atoms with Crippen LogP contribution in [0.15, 0.2) is 6.07 Å². The van der Waals surface area contributed by atoms with Gasteiger partial charge >= 0.3 is 5.97 Å². The first-order valence-electron chi connectivity index (χ1n) is 6.65. The summed E-state index contributed by atoms with van der Waals surface area (Å²) in [4.78, 5) is 25.1. The van der Waals surface area contributed by atoms with Crippen LogP contribution in [0.5, 0.6) is 0 Å². The number of ether oxygens (including phenoxy) is 1. The lowest BCUT2D eigenvalue weighted by Crippen LogP contribution is -2.26. The number of nitrogens with one attached hydrogen (secondary N) is 1. The van der Waals surface area contributed by atoms with E-state index in [1.54, 1.807) is 13.0 Å². The minimum atomic E-state index is -1.04. The predicted molar refractivity (Wildman–Crippen MR) is 85.4 cm³/mol. The summed E-state index contributed by atoms with van der Waals surface area (Å²) in [6.07, 6.45) is 2.20. The third-order valence-corrected chi connectivity index (χ3v) is 5.88. The standard InChI is InChI=1S/C14H17Cl2NO3S/c1-4-5-8-6-9(11(18)20-3)10(21-8)17-12(19)13(2)7-14(13,15)16/h6H,4-5,7H2,1-3H3,(H,17,19)/t13-/m1/s1. The molecule has 1 aromatic rings. The molecular weight excluding hydrogens is 333 g/mol. The molecule has 1 heterocycles. The number of hydrogen-bond acceptors (Lipinski definition) is 4. The number of carbonyl (C=O) groups excluding carboxylic acids is 2. The fraction of sp³-hybridized carbons (Fsp3) is 0.571. The van der Waals surface area contributed by atoms with Gasteiger partial charge in [-0.1, -0.05) is 13.3 Å². The van der Waals surface area contributed by atoms with Crippen molar-refractivity contribution in [2.24, 2.45) is 5.41 Å². The number of alkyl halides is 2. The van der Waals surface area contributed by atoms with Gasteiger partial charge < -0.3 is 10.1 Å². The van der Waals surface area contributed by atoms with Crippen LogP contribution < -0.4 is 5.32 Å². The molecular formula is C14H17Cl2NO3S. The van der Waals surface area contributed by atoms with Crippen LogP contribution in [0.25, 0.3) is 0 Å². The molecule has 0 aromatic carbocycles. The lowest BCUT2D eigenvalue weighted by molar-refractivity contribution is -0.120. The number of anilines is 1. The van der Waals surface area contributed by atoms with E-state index in [4.69, 9.17) is 27.9 Å². The van der Waals surface area contributed by atoms with E-state index in [1.807, 2.05) is 0 Å². The molecule has 2 rings (SSSR count). The number of methoxy groups -OCH3 is 1. The molecule has 1 aliphatic carbocycles. The van der Waals surface area contributed by atoms with Crippen molar-refractivity contribution in [3.8, 4) is 0 Å². The maximum absolute atomic E-state index is 12.3. The molecule has 4 nitrogen and oxygen atoms in total. The SMILES string of the molecule is CCCc1cc(C(=O)OC)c(NC(=O)[C@@]2(C)CC2(Cl)Cl)s1. The fourth-order valence-electron chi connectivity index (χ4n) is 2.05. The summed E-state index contributed by atoms with van der Waals surface area (Å²) in [5.74, 6) is -0.740. The van der Waals surface area contributed by atoms with Crippen LogP contribution in [-0.4, -0.2) is 23.3 Å². The van der Waals surface area contributed by atoms with Crippen molar-refractivity contribution in [3.05, 3.63) is 16.5 Å². The van der Waals surface area contributed by atoms with Crippen molar-refractivity contribution in [3.63, 3.8) is 0 Å². The molecule has 1 saturated carbocycles. The van der Waals surface area contributed by atoms with Crippen LogP contribution in [0.3, 0.4) is 0 Å². The number of halogens is 2. The zero-order chi connectivity index (χ0) is 15.8. The molecule has 0 radical (unpaired) electrons. The molecule has 0 spiro atoms. The molecule has 1 atom stereocenters. The number of hydrogen-bond donors (Lipinski definition) is 1. The number of thiophene rings is 1. The molecule has 1 amide bonds. The lowest BCUT2D eigenvalue weighted by atomic mass is 10.1. The number of amides is 1. The van der Waals surface area contributed by atoms with Gasteiger partial charge in [0.2, 0.25) is 5.91 Å². The van der Waals surface area contributed by atoms with Gasteiger partial charge in [-0.25, -0.2) is 4.79 Å². The van der Waals surface area contributed by atoms with Gasteiger partial charge in [-0.05, 0) is 25.8 Å². The molecule has 1 aliphatic rings. The molecule has 0 aliphatic heterocycles. The Bertz CT molecular complexity index is 585. The summed E-state index contributed by atoms with van der Waals surface area (Å²) in [6.45, 7) is 3.76. The van der Waals surface area contributed by atoms with Crippen molar-refractivity contribution in [1.82, 2.24) is 0 Å². The maximum Gasteiger partial charge on any atom is 0.340 e. The highest BCUT2D eigenvalue weighted by Crippen LogP contribution is 2.64. The Morgan fingerprint density at radius 2 is 2.10 bits per heavy atom. The van der Waals surface area contributed by atoms with E-state index in [-0.39, 0.29) is 5.91 Å². The van der Waals surface area contributed by atoms with Crippen LogP contribution >= 0.6 is 34.5 Å². The first kappa shape index (κ1) is 16.6. The molecule has 21 heavy (non-hydrogen) atoms. The monoisotopic (exact) mass is 349 g/mol. The van der Waals surface area contributed by atoms with Gasteiger partial charge in [0.15, 0.2) is 0 Å². The Balaban J connectivity index is 2.23. The second kappa shape index (κ2) is 5.78. The summed E-state index contributed by atoms with van der Waals surface area (Å²) >= 11 is 13.4. The van der Waals surface area contributed by atoms with E-state index in [2.05, 4.69) is 12.2 Å². The van der Waals surface area contributed by atoms with Gasteiger partial charge in [0, 0.05) is 4.88 Å². The summed E-state index contributed by atoms with van der Waals surface area (Å²) < 4.78 is 3.72. The van der Waals surface area contributed by atoms with Crippen molar-refractivity contribution in [2.45, 2.75) is 37.4 Å². The lowest BCUT2D eigenvalue weighted by Gasteiger charge is -2.12. The molecule has 1 N–H and O–H groups in total. The van der Waals surface area contributed by atoms with E-state index in [0.717, 1.165) is 17.7 Å². The topological polar surface area (TPSA) is 55.4 Å². The Hall–Kier alpha value is -0.780. The summed E-state index contributed by atoms with van der Waals surface area (Å²) in [6, 6.07) is 1.76. The van der Waals surface area contributed by atoms with Gasteiger partial charge in [0.1, 0.15) is 9.33 Å². The Kier molecular flexibility index (Phi) is 4.57. The first-order valence-corrected chi connectivity index (χ1v) is 8.22.